The largest absolute Gasteiger partial charge is 0.490 e. The Hall–Kier alpha value is -5.03. The average Bonchev–Trinajstić information content (AvgIpc) is 3.70. The minimum atomic E-state index is -5.08. The Morgan fingerprint density at radius 1 is 0.811 bits per heavy atom. The maximum atomic E-state index is 13.0. The number of hydrogen-bond acceptors (Lipinski definition) is 9. The van der Waals surface area contributed by atoms with Gasteiger partial charge in [-0.1, -0.05) is 12.1 Å². The molecule has 2 aliphatic heterocycles. The fourth-order valence-corrected chi connectivity index (χ4v) is 4.71. The lowest BCUT2D eigenvalue weighted by Gasteiger charge is -2.26. The first-order chi connectivity index (χ1) is 24.6. The van der Waals surface area contributed by atoms with E-state index in [4.69, 9.17) is 39.4 Å². The van der Waals surface area contributed by atoms with Crippen LogP contribution in [0.3, 0.4) is 0 Å². The number of aromatic nitrogens is 3. The van der Waals surface area contributed by atoms with Gasteiger partial charge in [-0.15, -0.1) is 0 Å². The van der Waals surface area contributed by atoms with Crippen LogP contribution in [0, 0.1) is 0 Å². The molecular formula is C30H33F9N6O8. The molecule has 0 aromatic carbocycles. The summed E-state index contributed by atoms with van der Waals surface area (Å²) in [4.78, 5) is 53.8. The summed E-state index contributed by atoms with van der Waals surface area (Å²) in [5, 5.41) is 24.4. The number of carbonyl (C=O) groups excluding carboxylic acids is 1. The van der Waals surface area contributed by atoms with Crippen molar-refractivity contribution in [3.05, 3.63) is 66.0 Å². The summed E-state index contributed by atoms with van der Waals surface area (Å²) in [6.07, 6.45) is -9.26. The van der Waals surface area contributed by atoms with E-state index in [0.717, 1.165) is 75.8 Å². The van der Waals surface area contributed by atoms with Crippen LogP contribution in [-0.2, 0) is 25.7 Å². The third kappa shape index (κ3) is 14.9. The second kappa shape index (κ2) is 19.7. The number of pyridine rings is 2. The summed E-state index contributed by atoms with van der Waals surface area (Å²) in [7, 11) is 0. The number of carbonyl (C=O) groups is 4. The maximum Gasteiger partial charge on any atom is 0.490 e. The molecule has 2 aliphatic rings. The van der Waals surface area contributed by atoms with Crippen LogP contribution < -0.4 is 5.32 Å². The lowest BCUT2D eigenvalue weighted by molar-refractivity contribution is -0.193. The van der Waals surface area contributed by atoms with Crippen molar-refractivity contribution >= 4 is 29.3 Å². The van der Waals surface area contributed by atoms with Crippen LogP contribution in [0.5, 0.6) is 0 Å². The Labute approximate surface area is 293 Å². The van der Waals surface area contributed by atoms with E-state index in [2.05, 4.69) is 30.6 Å². The van der Waals surface area contributed by atoms with E-state index in [1.165, 1.54) is 0 Å². The van der Waals surface area contributed by atoms with Gasteiger partial charge in [0.2, 0.25) is 0 Å². The van der Waals surface area contributed by atoms with Crippen molar-refractivity contribution < 1.29 is 78.7 Å². The highest BCUT2D eigenvalue weighted by molar-refractivity contribution is 5.99. The van der Waals surface area contributed by atoms with E-state index in [1.54, 1.807) is 0 Å². The van der Waals surface area contributed by atoms with Crippen LogP contribution in [0.2, 0.25) is 0 Å². The number of hydrogen-bond donors (Lipinski definition) is 4. The molecule has 53 heavy (non-hydrogen) atoms. The number of fused-ring (bicyclic) bond motifs is 1. The molecule has 0 saturated carbocycles. The number of carboxylic acid groups (broad SMARTS) is 3. The van der Waals surface area contributed by atoms with Gasteiger partial charge in [-0.25, -0.2) is 19.4 Å². The van der Waals surface area contributed by atoms with E-state index in [0.29, 0.717) is 12.2 Å². The topological polar surface area (TPSA) is 187 Å². The fraction of sp³-hybridized carbons (Fsp3) is 0.467. The molecule has 3 aromatic heterocycles. The lowest BCUT2D eigenvalue weighted by atomic mass is 10.2. The van der Waals surface area contributed by atoms with Gasteiger partial charge < -0.3 is 29.8 Å². The lowest BCUT2D eigenvalue weighted by Crippen LogP contribution is -2.41. The molecule has 294 valence electrons. The monoisotopic (exact) mass is 776 g/mol. The molecule has 1 amide bonds. The summed E-state index contributed by atoms with van der Waals surface area (Å²) in [6, 6.07) is 12.1. The highest BCUT2D eigenvalue weighted by Crippen LogP contribution is 2.33. The number of aliphatic carboxylic acids is 3. The van der Waals surface area contributed by atoms with Crippen LogP contribution in [0.15, 0.2) is 48.8 Å². The Morgan fingerprint density at radius 3 is 1.87 bits per heavy atom. The van der Waals surface area contributed by atoms with Gasteiger partial charge in [0.1, 0.15) is 5.82 Å². The van der Waals surface area contributed by atoms with Gasteiger partial charge in [-0.2, -0.15) is 39.5 Å². The number of imidazole rings is 1. The zero-order valence-electron chi connectivity index (χ0n) is 27.3. The van der Waals surface area contributed by atoms with E-state index in [-0.39, 0.29) is 11.9 Å². The van der Waals surface area contributed by atoms with Crippen molar-refractivity contribution in [2.45, 2.75) is 44.0 Å². The number of halogens is 9. The minimum absolute atomic E-state index is 0.109. The molecule has 0 bridgehead atoms. The molecule has 5 heterocycles. The third-order valence-electron chi connectivity index (χ3n) is 7.09. The smallest absolute Gasteiger partial charge is 0.475 e. The molecule has 23 heteroatoms. The average molecular weight is 777 g/mol. The molecule has 14 nitrogen and oxygen atoms in total. The Balaban J connectivity index is 0.000000379. The molecule has 0 spiro atoms. The summed E-state index contributed by atoms with van der Waals surface area (Å²) in [6.45, 7) is 6.59. The van der Waals surface area contributed by atoms with Crippen LogP contribution in [0.1, 0.15) is 40.9 Å². The van der Waals surface area contributed by atoms with Gasteiger partial charge in [-0.05, 0) is 43.7 Å². The van der Waals surface area contributed by atoms with Crippen LogP contribution in [0.4, 0.5) is 39.5 Å². The highest BCUT2D eigenvalue weighted by Gasteiger charge is 2.39. The highest BCUT2D eigenvalue weighted by atomic mass is 19.4. The van der Waals surface area contributed by atoms with E-state index in [1.807, 2.05) is 42.7 Å². The Kier molecular flexibility index (Phi) is 16.4. The second-order valence-electron chi connectivity index (χ2n) is 10.8. The number of nitrogens with one attached hydrogen (secondary N) is 1. The van der Waals surface area contributed by atoms with Crippen molar-refractivity contribution in [1.29, 1.82) is 0 Å². The standard InChI is InChI=1S/C24H30N6O2.3C2HF3O2/c31-24(26-10-13-28-14-16-32-17-15-28)22-20-7-2-4-12-30(20)23(27-22)21-8-5-11-29(21)18-19-6-1-3-9-25-19;3*3-2(4,5)1(6)7/h1-4,6-7,9,12,21H,5,8,10-11,13-18H2,(H,26,31);3*(H,6,7). The zero-order chi connectivity index (χ0) is 40.0. The van der Waals surface area contributed by atoms with Gasteiger partial charge in [0, 0.05) is 45.1 Å². The van der Waals surface area contributed by atoms with Gasteiger partial charge in [0.05, 0.1) is 30.5 Å². The number of amides is 1. The Morgan fingerprint density at radius 2 is 1.36 bits per heavy atom. The summed E-state index contributed by atoms with van der Waals surface area (Å²) in [5.41, 5.74) is 2.42. The van der Waals surface area contributed by atoms with E-state index < -0.39 is 36.4 Å². The molecule has 1 unspecified atom stereocenters. The second-order valence-corrected chi connectivity index (χ2v) is 10.8. The number of ether oxygens (including phenoxy) is 1. The third-order valence-corrected chi connectivity index (χ3v) is 7.09. The van der Waals surface area contributed by atoms with Crippen molar-refractivity contribution in [1.82, 2.24) is 29.5 Å². The predicted molar refractivity (Wildman–Crippen MR) is 162 cm³/mol. The van der Waals surface area contributed by atoms with Crippen molar-refractivity contribution in [2.24, 2.45) is 0 Å². The van der Waals surface area contributed by atoms with E-state index in [9.17, 15) is 44.3 Å². The van der Waals surface area contributed by atoms with E-state index >= 15 is 0 Å². The molecule has 2 saturated heterocycles. The molecule has 3 aromatic rings. The van der Waals surface area contributed by atoms with Crippen LogP contribution >= 0.6 is 0 Å². The number of rotatable bonds is 7. The van der Waals surface area contributed by atoms with Crippen LogP contribution in [-0.4, -0.2) is 128 Å². The summed E-state index contributed by atoms with van der Waals surface area (Å²) in [5.74, 6) is -7.44. The molecule has 1 atom stereocenters. The normalized spacial score (nSPS) is 16.6. The van der Waals surface area contributed by atoms with Gasteiger partial charge in [0.25, 0.3) is 5.91 Å². The molecular weight excluding hydrogens is 743 g/mol. The fourth-order valence-electron chi connectivity index (χ4n) is 4.71. The number of nitrogens with zero attached hydrogens (tertiary/aromatic N) is 5. The number of morpholine rings is 1. The first kappa shape index (κ1) is 44.1. The quantitative estimate of drug-likeness (QED) is 0.253. The first-order valence-electron chi connectivity index (χ1n) is 15.2. The minimum Gasteiger partial charge on any atom is -0.475 e. The number of likely N-dealkylation sites (tertiary alicyclic amines) is 1. The first-order valence-corrected chi connectivity index (χ1v) is 15.2. The summed E-state index contributed by atoms with van der Waals surface area (Å²) < 4.78 is 103. The van der Waals surface area contributed by atoms with Crippen molar-refractivity contribution in [3.63, 3.8) is 0 Å². The predicted octanol–water partition coefficient (Wildman–Crippen LogP) is 4.03. The molecule has 2 fully saturated rings. The molecule has 0 radical (unpaired) electrons. The molecule has 5 rings (SSSR count). The molecule has 0 aliphatic carbocycles. The van der Waals surface area contributed by atoms with Crippen molar-refractivity contribution in [3.8, 4) is 0 Å². The SMILES string of the molecule is O=C(NCCN1CCOCC1)c1nc(C2CCCN2Cc2ccccn2)n2ccccc12.O=C(O)C(F)(F)F.O=C(O)C(F)(F)F.O=C(O)C(F)(F)F. The number of carboxylic acids is 3. The molecule has 4 N–H and O–H groups in total. The van der Waals surface area contributed by atoms with Crippen molar-refractivity contribution in [2.75, 3.05) is 45.9 Å². The van der Waals surface area contributed by atoms with Crippen LogP contribution in [0.25, 0.3) is 5.52 Å². The van der Waals surface area contributed by atoms with Gasteiger partial charge in [-0.3, -0.25) is 19.6 Å². The number of alkyl halides is 9. The van der Waals surface area contributed by atoms with Gasteiger partial charge >= 0.3 is 36.4 Å². The summed E-state index contributed by atoms with van der Waals surface area (Å²) >= 11 is 0. The maximum absolute atomic E-state index is 13.0. The Bertz CT molecular complexity index is 1590. The van der Waals surface area contributed by atoms with Gasteiger partial charge in [0.15, 0.2) is 5.69 Å². The zero-order valence-corrected chi connectivity index (χ0v) is 27.3.